The molecule has 1 aliphatic rings. The standard InChI is InChI=1S/C8H15N3O/c9-4-7(5-10)3-8-6-11-1-2-12-8/h4-5,8-9,11H,1-3,6,10H2/b7-5-,9-4?. The molecule has 1 atom stereocenters. The predicted octanol–water partition coefficient (Wildman–Crippen LogP) is -0.143. The van der Waals surface area contributed by atoms with Gasteiger partial charge in [0.1, 0.15) is 0 Å². The Morgan fingerprint density at radius 1 is 1.75 bits per heavy atom. The van der Waals surface area contributed by atoms with E-state index in [4.69, 9.17) is 15.9 Å². The normalized spacial score (nSPS) is 25.3. The molecule has 0 bridgehead atoms. The summed E-state index contributed by atoms with van der Waals surface area (Å²) in [6.07, 6.45) is 3.64. The summed E-state index contributed by atoms with van der Waals surface area (Å²) in [6, 6.07) is 0. The topological polar surface area (TPSA) is 71.1 Å². The highest BCUT2D eigenvalue weighted by atomic mass is 16.5. The van der Waals surface area contributed by atoms with Crippen LogP contribution in [0.3, 0.4) is 0 Å². The highest BCUT2D eigenvalue weighted by Gasteiger charge is 2.13. The average Bonchev–Trinajstić information content (AvgIpc) is 2.16. The molecule has 12 heavy (non-hydrogen) atoms. The molecule has 4 nitrogen and oxygen atoms in total. The van der Waals surface area contributed by atoms with Gasteiger partial charge in [0.2, 0.25) is 0 Å². The van der Waals surface area contributed by atoms with Crippen molar-refractivity contribution in [3.63, 3.8) is 0 Å². The Morgan fingerprint density at radius 2 is 2.58 bits per heavy atom. The quantitative estimate of drug-likeness (QED) is 0.515. The lowest BCUT2D eigenvalue weighted by Gasteiger charge is -2.23. The average molecular weight is 169 g/mol. The van der Waals surface area contributed by atoms with Crippen molar-refractivity contribution < 1.29 is 4.74 Å². The Kier molecular flexibility index (Phi) is 3.76. The highest BCUT2D eigenvalue weighted by Crippen LogP contribution is 2.07. The zero-order chi connectivity index (χ0) is 8.81. The molecule has 68 valence electrons. The van der Waals surface area contributed by atoms with Crippen LogP contribution in [0.1, 0.15) is 6.42 Å². The van der Waals surface area contributed by atoms with Crippen LogP contribution < -0.4 is 11.1 Å². The smallest absolute Gasteiger partial charge is 0.0741 e. The lowest BCUT2D eigenvalue weighted by atomic mass is 10.1. The van der Waals surface area contributed by atoms with Gasteiger partial charge in [0.25, 0.3) is 0 Å². The van der Waals surface area contributed by atoms with E-state index in [9.17, 15) is 0 Å². The molecule has 0 aromatic heterocycles. The number of nitrogens with two attached hydrogens (primary N) is 1. The molecule has 1 heterocycles. The van der Waals surface area contributed by atoms with Crippen molar-refractivity contribution >= 4 is 6.21 Å². The van der Waals surface area contributed by atoms with E-state index in [1.807, 2.05) is 0 Å². The van der Waals surface area contributed by atoms with Crippen LogP contribution in [0.15, 0.2) is 11.8 Å². The van der Waals surface area contributed by atoms with Gasteiger partial charge in [0, 0.05) is 25.7 Å². The molecule has 1 aliphatic heterocycles. The lowest BCUT2D eigenvalue weighted by molar-refractivity contribution is 0.0300. The van der Waals surface area contributed by atoms with E-state index < -0.39 is 0 Å². The van der Waals surface area contributed by atoms with Crippen molar-refractivity contribution in [3.8, 4) is 0 Å². The van der Waals surface area contributed by atoms with Crippen molar-refractivity contribution in [2.75, 3.05) is 19.7 Å². The molecule has 4 N–H and O–H groups in total. The summed E-state index contributed by atoms with van der Waals surface area (Å²) in [4.78, 5) is 0. The van der Waals surface area contributed by atoms with Crippen LogP contribution in [0.4, 0.5) is 0 Å². The number of nitrogens with one attached hydrogen (secondary N) is 2. The van der Waals surface area contributed by atoms with Crippen LogP contribution in [-0.4, -0.2) is 32.0 Å². The van der Waals surface area contributed by atoms with Crippen LogP contribution >= 0.6 is 0 Å². The summed E-state index contributed by atoms with van der Waals surface area (Å²) in [5, 5.41) is 10.2. The van der Waals surface area contributed by atoms with Crippen LogP contribution in [0.25, 0.3) is 0 Å². The third-order valence-electron chi connectivity index (χ3n) is 1.87. The highest BCUT2D eigenvalue weighted by molar-refractivity contribution is 5.75. The lowest BCUT2D eigenvalue weighted by Crippen LogP contribution is -2.38. The second-order valence-electron chi connectivity index (χ2n) is 2.79. The molecular formula is C8H15N3O. The minimum absolute atomic E-state index is 0.176. The Morgan fingerprint density at radius 3 is 3.08 bits per heavy atom. The van der Waals surface area contributed by atoms with Gasteiger partial charge in [-0.3, -0.25) is 0 Å². The van der Waals surface area contributed by atoms with E-state index in [0.717, 1.165) is 31.7 Å². The van der Waals surface area contributed by atoms with Crippen LogP contribution in [0.2, 0.25) is 0 Å². The second-order valence-corrected chi connectivity index (χ2v) is 2.79. The fraction of sp³-hybridized carbons (Fsp3) is 0.625. The molecule has 0 radical (unpaired) electrons. The molecule has 0 saturated carbocycles. The van der Waals surface area contributed by atoms with Gasteiger partial charge in [-0.2, -0.15) is 0 Å². The monoisotopic (exact) mass is 169 g/mol. The number of hydrogen-bond acceptors (Lipinski definition) is 4. The molecular weight excluding hydrogens is 154 g/mol. The number of hydrogen-bond donors (Lipinski definition) is 3. The van der Waals surface area contributed by atoms with Crippen molar-refractivity contribution in [1.82, 2.24) is 5.32 Å². The van der Waals surface area contributed by atoms with Crippen LogP contribution in [-0.2, 0) is 4.74 Å². The molecule has 1 fully saturated rings. The summed E-state index contributed by atoms with van der Waals surface area (Å²) in [5.74, 6) is 0. The number of morpholine rings is 1. The molecule has 0 spiro atoms. The summed E-state index contributed by atoms with van der Waals surface area (Å²) in [6.45, 7) is 2.52. The number of ether oxygens (including phenoxy) is 1. The van der Waals surface area contributed by atoms with Crippen molar-refractivity contribution in [2.45, 2.75) is 12.5 Å². The summed E-state index contributed by atoms with van der Waals surface area (Å²) < 4.78 is 5.45. The van der Waals surface area contributed by atoms with Gasteiger partial charge in [-0.25, -0.2) is 0 Å². The summed E-state index contributed by atoms with van der Waals surface area (Å²) >= 11 is 0. The van der Waals surface area contributed by atoms with Crippen molar-refractivity contribution in [1.29, 1.82) is 5.41 Å². The molecule has 1 saturated heterocycles. The fourth-order valence-corrected chi connectivity index (χ4v) is 1.19. The first-order valence-corrected chi connectivity index (χ1v) is 4.10. The molecule has 1 unspecified atom stereocenters. The third-order valence-corrected chi connectivity index (χ3v) is 1.87. The fourth-order valence-electron chi connectivity index (χ4n) is 1.19. The van der Waals surface area contributed by atoms with Gasteiger partial charge in [-0.1, -0.05) is 0 Å². The van der Waals surface area contributed by atoms with Gasteiger partial charge >= 0.3 is 0 Å². The van der Waals surface area contributed by atoms with E-state index >= 15 is 0 Å². The Balaban J connectivity index is 2.33. The van der Waals surface area contributed by atoms with Crippen molar-refractivity contribution in [3.05, 3.63) is 11.8 Å². The summed E-state index contributed by atoms with van der Waals surface area (Å²) in [7, 11) is 0. The first-order chi connectivity index (χ1) is 5.86. The first-order valence-electron chi connectivity index (χ1n) is 4.10. The Hall–Kier alpha value is -0.870. The number of rotatable bonds is 3. The maximum Gasteiger partial charge on any atom is 0.0741 e. The Bertz CT molecular complexity index is 173. The van der Waals surface area contributed by atoms with Crippen LogP contribution in [0.5, 0.6) is 0 Å². The van der Waals surface area contributed by atoms with Crippen LogP contribution in [0, 0.1) is 5.41 Å². The zero-order valence-corrected chi connectivity index (χ0v) is 7.05. The molecule has 1 rings (SSSR count). The molecule has 0 aromatic rings. The van der Waals surface area contributed by atoms with Gasteiger partial charge in [0.05, 0.1) is 12.7 Å². The second kappa shape index (κ2) is 4.90. The molecule has 4 heteroatoms. The van der Waals surface area contributed by atoms with E-state index in [1.165, 1.54) is 12.4 Å². The predicted molar refractivity (Wildman–Crippen MR) is 48.3 cm³/mol. The maximum absolute atomic E-state index is 7.03. The van der Waals surface area contributed by atoms with Gasteiger partial charge in [0.15, 0.2) is 0 Å². The Labute approximate surface area is 72.3 Å². The van der Waals surface area contributed by atoms with Crippen molar-refractivity contribution in [2.24, 2.45) is 5.73 Å². The molecule has 0 aromatic carbocycles. The minimum atomic E-state index is 0.176. The van der Waals surface area contributed by atoms with E-state index in [2.05, 4.69) is 5.32 Å². The van der Waals surface area contributed by atoms with Gasteiger partial charge in [-0.05, 0) is 11.8 Å². The largest absolute Gasteiger partial charge is 0.404 e. The third kappa shape index (κ3) is 2.64. The maximum atomic E-state index is 7.03. The van der Waals surface area contributed by atoms with E-state index in [0.29, 0.717) is 0 Å². The van der Waals surface area contributed by atoms with E-state index in [-0.39, 0.29) is 6.10 Å². The zero-order valence-electron chi connectivity index (χ0n) is 7.05. The minimum Gasteiger partial charge on any atom is -0.404 e. The van der Waals surface area contributed by atoms with Gasteiger partial charge < -0.3 is 21.2 Å². The first kappa shape index (κ1) is 9.22. The molecule has 0 aliphatic carbocycles. The summed E-state index contributed by atoms with van der Waals surface area (Å²) in [5.41, 5.74) is 6.13. The molecule has 0 amide bonds. The van der Waals surface area contributed by atoms with E-state index in [1.54, 1.807) is 0 Å². The SMILES string of the molecule is N=C/C(=C\N)CC1CNCCO1. The van der Waals surface area contributed by atoms with Gasteiger partial charge in [-0.15, -0.1) is 0 Å².